The van der Waals surface area contributed by atoms with Crippen molar-refractivity contribution >= 4 is 22.2 Å². The van der Waals surface area contributed by atoms with E-state index in [1.807, 2.05) is 0 Å². The van der Waals surface area contributed by atoms with Crippen molar-refractivity contribution in [3.05, 3.63) is 29.8 Å². The average Bonchev–Trinajstić information content (AvgIpc) is 2.26. The number of aliphatic hydroxyl groups excluding tert-OH is 1. The largest absolute Gasteiger partial charge is 0.387 e. The fourth-order valence-electron chi connectivity index (χ4n) is 1.24. The Morgan fingerprint density at radius 3 is 2.18 bits per heavy atom. The maximum Gasteiger partial charge on any atom is 0.175 e. The average molecular weight is 284 g/mol. The van der Waals surface area contributed by atoms with Crippen LogP contribution >= 0.6 is 12.4 Å². The predicted octanol–water partition coefficient (Wildman–Crippen LogP) is 0.842. The Balaban J connectivity index is 0.00000256. The zero-order valence-corrected chi connectivity index (χ0v) is 10.8. The van der Waals surface area contributed by atoms with E-state index in [1.165, 1.54) is 24.3 Å². The molecule has 0 radical (unpaired) electrons. The third-order valence-electron chi connectivity index (χ3n) is 2.23. The van der Waals surface area contributed by atoms with E-state index in [2.05, 4.69) is 0 Å². The van der Waals surface area contributed by atoms with Crippen LogP contribution in [0.2, 0.25) is 0 Å². The SMILES string of the molecule is CS(=O)(=O)c1ccc([C@@H](O)[C@@H](N)CF)cc1.Cl. The number of sulfone groups is 1. The van der Waals surface area contributed by atoms with Gasteiger partial charge in [0.15, 0.2) is 9.84 Å². The Labute approximate surface area is 106 Å². The van der Waals surface area contributed by atoms with Crippen molar-refractivity contribution in [3.8, 4) is 0 Å². The normalized spacial score (nSPS) is 14.8. The second-order valence-corrected chi connectivity index (χ2v) is 5.62. The maximum atomic E-state index is 12.2. The van der Waals surface area contributed by atoms with E-state index in [-0.39, 0.29) is 17.3 Å². The first kappa shape index (κ1) is 16.3. The first-order valence-corrected chi connectivity index (χ1v) is 6.55. The molecule has 0 aliphatic heterocycles. The lowest BCUT2D eigenvalue weighted by molar-refractivity contribution is 0.132. The predicted molar refractivity (Wildman–Crippen MR) is 65.7 cm³/mol. The molecule has 0 saturated carbocycles. The number of alkyl halides is 1. The van der Waals surface area contributed by atoms with Gasteiger partial charge in [0.25, 0.3) is 0 Å². The van der Waals surface area contributed by atoms with Gasteiger partial charge < -0.3 is 10.8 Å². The molecule has 7 heteroatoms. The molecule has 1 aromatic rings. The topological polar surface area (TPSA) is 80.4 Å². The second-order valence-electron chi connectivity index (χ2n) is 3.60. The summed E-state index contributed by atoms with van der Waals surface area (Å²) in [5.41, 5.74) is 5.73. The van der Waals surface area contributed by atoms with Crippen LogP contribution in [0.15, 0.2) is 29.2 Å². The lowest BCUT2D eigenvalue weighted by Crippen LogP contribution is -2.30. The molecule has 0 fully saturated rings. The van der Waals surface area contributed by atoms with E-state index in [0.29, 0.717) is 5.56 Å². The smallest absolute Gasteiger partial charge is 0.175 e. The molecule has 1 aromatic carbocycles. The molecule has 0 saturated heterocycles. The number of rotatable bonds is 4. The molecular formula is C10H15ClFNO3S. The van der Waals surface area contributed by atoms with E-state index in [9.17, 15) is 17.9 Å². The fraction of sp³-hybridized carbons (Fsp3) is 0.400. The molecule has 0 aromatic heterocycles. The van der Waals surface area contributed by atoms with Gasteiger partial charge >= 0.3 is 0 Å². The monoisotopic (exact) mass is 283 g/mol. The van der Waals surface area contributed by atoms with Crippen molar-refractivity contribution in [2.45, 2.75) is 17.0 Å². The highest BCUT2D eigenvalue weighted by atomic mass is 35.5. The Hall–Kier alpha value is -0.690. The molecule has 1 rings (SSSR count). The van der Waals surface area contributed by atoms with Crippen molar-refractivity contribution in [2.24, 2.45) is 5.73 Å². The number of aliphatic hydroxyl groups is 1. The highest BCUT2D eigenvalue weighted by Crippen LogP contribution is 2.18. The fourth-order valence-corrected chi connectivity index (χ4v) is 1.87. The quantitative estimate of drug-likeness (QED) is 0.858. The molecule has 4 nitrogen and oxygen atoms in total. The zero-order valence-electron chi connectivity index (χ0n) is 9.21. The Kier molecular flexibility index (Phi) is 6.04. The van der Waals surface area contributed by atoms with Gasteiger partial charge in [0.05, 0.1) is 17.0 Å². The third-order valence-corrected chi connectivity index (χ3v) is 3.36. The molecule has 17 heavy (non-hydrogen) atoms. The van der Waals surface area contributed by atoms with Crippen molar-refractivity contribution in [2.75, 3.05) is 12.9 Å². The van der Waals surface area contributed by atoms with E-state index in [0.717, 1.165) is 6.26 Å². The van der Waals surface area contributed by atoms with E-state index in [1.54, 1.807) is 0 Å². The Bertz CT molecular complexity index is 449. The van der Waals surface area contributed by atoms with Crippen LogP contribution in [0, 0.1) is 0 Å². The van der Waals surface area contributed by atoms with Gasteiger partial charge in [-0.05, 0) is 17.7 Å². The lowest BCUT2D eigenvalue weighted by Gasteiger charge is -2.16. The first-order chi connectivity index (χ1) is 7.36. The summed E-state index contributed by atoms with van der Waals surface area (Å²) in [6.07, 6.45) is -0.0373. The molecular weight excluding hydrogens is 269 g/mol. The summed E-state index contributed by atoms with van der Waals surface area (Å²) in [7, 11) is -3.26. The minimum atomic E-state index is -3.26. The Morgan fingerprint density at radius 1 is 1.35 bits per heavy atom. The molecule has 0 spiro atoms. The molecule has 0 aliphatic carbocycles. The molecule has 0 unspecified atom stereocenters. The number of halogens is 2. The summed E-state index contributed by atoms with van der Waals surface area (Å²) in [4.78, 5) is 0.150. The van der Waals surface area contributed by atoms with Crippen LogP contribution in [-0.2, 0) is 9.84 Å². The summed E-state index contributed by atoms with van der Waals surface area (Å²) in [6.45, 7) is -0.838. The van der Waals surface area contributed by atoms with Gasteiger partial charge in [-0.15, -0.1) is 12.4 Å². The zero-order chi connectivity index (χ0) is 12.3. The highest BCUT2D eigenvalue weighted by Gasteiger charge is 2.17. The summed E-state index contributed by atoms with van der Waals surface area (Å²) < 4.78 is 34.5. The standard InChI is InChI=1S/C10H14FNO3S.ClH/c1-16(14,15)8-4-2-7(3-5-8)10(13)9(12)6-11;/h2-5,9-10,13H,6,12H2,1H3;1H/t9-,10+;/m0./s1. The molecule has 0 heterocycles. The van der Waals surface area contributed by atoms with Crippen molar-refractivity contribution in [3.63, 3.8) is 0 Å². The lowest BCUT2D eigenvalue weighted by atomic mass is 10.0. The summed E-state index contributed by atoms with van der Waals surface area (Å²) in [5, 5.41) is 9.57. The van der Waals surface area contributed by atoms with E-state index in [4.69, 9.17) is 5.73 Å². The van der Waals surface area contributed by atoms with Crippen molar-refractivity contribution in [1.82, 2.24) is 0 Å². The van der Waals surface area contributed by atoms with Gasteiger partial charge in [-0.1, -0.05) is 12.1 Å². The molecule has 0 bridgehead atoms. The van der Waals surface area contributed by atoms with Crippen LogP contribution in [0.1, 0.15) is 11.7 Å². The van der Waals surface area contributed by atoms with Gasteiger partial charge in [-0.2, -0.15) is 0 Å². The summed E-state index contributed by atoms with van der Waals surface area (Å²) in [5.74, 6) is 0. The van der Waals surface area contributed by atoms with Crippen LogP contribution in [0.3, 0.4) is 0 Å². The minimum Gasteiger partial charge on any atom is -0.387 e. The molecule has 0 amide bonds. The number of hydrogen-bond acceptors (Lipinski definition) is 4. The first-order valence-electron chi connectivity index (χ1n) is 4.66. The molecule has 0 aliphatic rings. The highest BCUT2D eigenvalue weighted by molar-refractivity contribution is 7.90. The van der Waals surface area contributed by atoms with Crippen LogP contribution < -0.4 is 5.73 Å². The van der Waals surface area contributed by atoms with Gasteiger partial charge in [0.1, 0.15) is 6.67 Å². The van der Waals surface area contributed by atoms with E-state index >= 15 is 0 Å². The third kappa shape index (κ3) is 4.23. The van der Waals surface area contributed by atoms with Gasteiger partial charge in [-0.25, -0.2) is 12.8 Å². The van der Waals surface area contributed by atoms with Crippen LogP contribution in [-0.4, -0.2) is 32.5 Å². The number of nitrogens with two attached hydrogens (primary N) is 1. The van der Waals surface area contributed by atoms with Gasteiger partial charge in [0, 0.05) is 6.26 Å². The van der Waals surface area contributed by atoms with Crippen molar-refractivity contribution < 1.29 is 17.9 Å². The maximum absolute atomic E-state index is 12.2. The Morgan fingerprint density at radius 2 is 1.82 bits per heavy atom. The summed E-state index contributed by atoms with van der Waals surface area (Å²) in [6, 6.07) is 4.58. The van der Waals surface area contributed by atoms with Crippen LogP contribution in [0.25, 0.3) is 0 Å². The number of hydrogen-bond donors (Lipinski definition) is 2. The van der Waals surface area contributed by atoms with Crippen LogP contribution in [0.4, 0.5) is 4.39 Å². The molecule has 98 valence electrons. The minimum absolute atomic E-state index is 0. The van der Waals surface area contributed by atoms with Gasteiger partial charge in [0.2, 0.25) is 0 Å². The number of benzene rings is 1. The van der Waals surface area contributed by atoms with Crippen molar-refractivity contribution in [1.29, 1.82) is 0 Å². The van der Waals surface area contributed by atoms with Gasteiger partial charge in [-0.3, -0.25) is 0 Å². The van der Waals surface area contributed by atoms with Crippen LogP contribution in [0.5, 0.6) is 0 Å². The molecule has 2 atom stereocenters. The van der Waals surface area contributed by atoms with E-state index < -0.39 is 28.7 Å². The molecule has 3 N–H and O–H groups in total. The summed E-state index contributed by atoms with van der Waals surface area (Å²) >= 11 is 0. The second kappa shape index (κ2) is 6.30.